The summed E-state index contributed by atoms with van der Waals surface area (Å²) >= 11 is 0. The summed E-state index contributed by atoms with van der Waals surface area (Å²) in [6.07, 6.45) is 8.99. The number of amides is 2. The molecule has 0 saturated heterocycles. The average molecular weight is 299 g/mol. The Morgan fingerprint density at radius 2 is 2.00 bits per heavy atom. The molecule has 1 heterocycles. The number of aromatic nitrogens is 1. The highest BCUT2D eigenvalue weighted by atomic mass is 16.1. The molecule has 116 valence electrons. The van der Waals surface area contributed by atoms with E-state index in [1.54, 1.807) is 0 Å². The molecule has 1 saturated carbocycles. The molecule has 4 N–H and O–H groups in total. The second-order valence-electron chi connectivity index (χ2n) is 5.32. The predicted molar refractivity (Wildman–Crippen MR) is 88.6 cm³/mol. The van der Waals surface area contributed by atoms with E-state index in [1.807, 2.05) is 12.3 Å². The summed E-state index contributed by atoms with van der Waals surface area (Å²) in [5.41, 5.74) is 7.87. The van der Waals surface area contributed by atoms with Gasteiger partial charge in [-0.15, -0.1) is 0 Å². The second-order valence-corrected chi connectivity index (χ2v) is 5.32. The lowest BCUT2D eigenvalue weighted by Crippen LogP contribution is -2.04. The van der Waals surface area contributed by atoms with Gasteiger partial charge in [-0.1, -0.05) is 25.5 Å². The van der Waals surface area contributed by atoms with E-state index in [9.17, 15) is 9.59 Å². The maximum Gasteiger partial charge on any atom is 0.240 e. The third kappa shape index (κ3) is 3.55. The summed E-state index contributed by atoms with van der Waals surface area (Å²) in [7, 11) is 0. The second kappa shape index (κ2) is 7.45. The van der Waals surface area contributed by atoms with Crippen LogP contribution < -0.4 is 11.1 Å². The molecule has 0 radical (unpaired) electrons. The Kier molecular flexibility index (Phi) is 5.36. The smallest absolute Gasteiger partial charge is 0.240 e. The van der Waals surface area contributed by atoms with Crippen LogP contribution in [-0.2, 0) is 9.59 Å². The molecule has 0 bridgehead atoms. The van der Waals surface area contributed by atoms with E-state index >= 15 is 0 Å². The van der Waals surface area contributed by atoms with E-state index in [1.165, 1.54) is 36.6 Å². The normalized spacial score (nSPS) is 14.2. The largest absolute Gasteiger partial charge is 0.366 e. The number of aromatic amines is 1. The summed E-state index contributed by atoms with van der Waals surface area (Å²) in [4.78, 5) is 23.2. The number of fused-ring (bicyclic) bond motifs is 1. The van der Waals surface area contributed by atoms with Crippen LogP contribution in [0.1, 0.15) is 37.2 Å². The summed E-state index contributed by atoms with van der Waals surface area (Å²) in [5, 5.41) is 4.00. The van der Waals surface area contributed by atoms with Crippen molar-refractivity contribution in [3.8, 4) is 0 Å². The van der Waals surface area contributed by atoms with Gasteiger partial charge in [0.15, 0.2) is 0 Å². The number of hydrogen-bond donors (Lipinski definition) is 3. The van der Waals surface area contributed by atoms with Gasteiger partial charge >= 0.3 is 0 Å². The zero-order chi connectivity index (χ0) is 15.9. The van der Waals surface area contributed by atoms with Gasteiger partial charge in [0.25, 0.3) is 0 Å². The first-order valence-corrected chi connectivity index (χ1v) is 7.39. The summed E-state index contributed by atoms with van der Waals surface area (Å²) in [6.45, 7) is 3.09. The Morgan fingerprint density at radius 1 is 1.32 bits per heavy atom. The van der Waals surface area contributed by atoms with Gasteiger partial charge < -0.3 is 16.0 Å². The first-order chi connectivity index (χ1) is 10.7. The van der Waals surface area contributed by atoms with E-state index in [2.05, 4.69) is 34.7 Å². The van der Waals surface area contributed by atoms with Gasteiger partial charge in [-0.05, 0) is 42.5 Å². The fraction of sp³-hybridized carbons (Fsp3) is 0.294. The maximum absolute atomic E-state index is 10.6. The number of nitrogens with one attached hydrogen (secondary N) is 2. The number of nitrogens with two attached hydrogens (primary N) is 1. The fourth-order valence-corrected chi connectivity index (χ4v) is 2.96. The van der Waals surface area contributed by atoms with Gasteiger partial charge in [0.05, 0.1) is 11.2 Å². The molecule has 1 fully saturated rings. The Hall–Kier alpha value is -2.56. The van der Waals surface area contributed by atoms with Crippen LogP contribution in [0.15, 0.2) is 37.1 Å². The highest BCUT2D eigenvalue weighted by Gasteiger charge is 2.20. The van der Waals surface area contributed by atoms with Crippen LogP contribution >= 0.6 is 0 Å². The summed E-state index contributed by atoms with van der Waals surface area (Å²) < 4.78 is 0. The Labute approximate surface area is 129 Å². The standard InChI is InChI=1S/C14H16N2O.C3H5NO/c17-9-16-13-6-5-11(10-3-1-2-4-10)12-7-8-15-14(12)13;1-2-3(4)5/h5-10,15H,1-4H2,(H,16,17);2H,1H2,(H2,4,5). The molecule has 0 unspecified atom stereocenters. The van der Waals surface area contributed by atoms with Crippen LogP contribution in [0.4, 0.5) is 5.69 Å². The van der Waals surface area contributed by atoms with E-state index in [4.69, 9.17) is 0 Å². The van der Waals surface area contributed by atoms with Crippen LogP contribution in [0, 0.1) is 0 Å². The first-order valence-electron chi connectivity index (χ1n) is 7.39. The fourth-order valence-electron chi connectivity index (χ4n) is 2.96. The lowest BCUT2D eigenvalue weighted by atomic mass is 9.94. The van der Waals surface area contributed by atoms with Crippen LogP contribution in [0.5, 0.6) is 0 Å². The Bertz CT molecular complexity index is 670. The molecule has 1 aromatic carbocycles. The highest BCUT2D eigenvalue weighted by Crippen LogP contribution is 2.39. The molecule has 1 aromatic heterocycles. The number of H-pyrrole nitrogens is 1. The van der Waals surface area contributed by atoms with Crippen LogP contribution in [0.2, 0.25) is 0 Å². The highest BCUT2D eigenvalue weighted by molar-refractivity contribution is 5.97. The van der Waals surface area contributed by atoms with Crippen molar-refractivity contribution < 1.29 is 9.59 Å². The van der Waals surface area contributed by atoms with Crippen molar-refractivity contribution in [2.45, 2.75) is 31.6 Å². The number of hydrogen-bond acceptors (Lipinski definition) is 2. The quantitative estimate of drug-likeness (QED) is 0.598. The number of rotatable bonds is 4. The van der Waals surface area contributed by atoms with Crippen molar-refractivity contribution in [3.63, 3.8) is 0 Å². The molecule has 5 heteroatoms. The van der Waals surface area contributed by atoms with Gasteiger partial charge in [-0.3, -0.25) is 9.59 Å². The average Bonchev–Trinajstić information content (AvgIpc) is 3.20. The molecule has 5 nitrogen and oxygen atoms in total. The van der Waals surface area contributed by atoms with Gasteiger partial charge in [0, 0.05) is 11.6 Å². The van der Waals surface area contributed by atoms with Crippen molar-refractivity contribution in [1.82, 2.24) is 4.98 Å². The van der Waals surface area contributed by atoms with E-state index in [-0.39, 0.29) is 0 Å². The molecule has 1 aliphatic carbocycles. The predicted octanol–water partition coefficient (Wildman–Crippen LogP) is 3.05. The SMILES string of the molecule is C=CC(N)=O.O=CNc1ccc(C2CCCC2)c2cc[nH]c12. The van der Waals surface area contributed by atoms with E-state index in [0.29, 0.717) is 5.92 Å². The molecular formula is C17H21N3O2. The lowest BCUT2D eigenvalue weighted by molar-refractivity contribution is -0.113. The topological polar surface area (TPSA) is 88.0 Å². The Morgan fingerprint density at radius 3 is 2.59 bits per heavy atom. The molecule has 22 heavy (non-hydrogen) atoms. The van der Waals surface area contributed by atoms with Gasteiger partial charge in [0.2, 0.25) is 12.3 Å². The minimum absolute atomic E-state index is 0.481. The minimum Gasteiger partial charge on any atom is -0.366 e. The van der Waals surface area contributed by atoms with Crippen LogP contribution in [-0.4, -0.2) is 17.3 Å². The van der Waals surface area contributed by atoms with E-state index in [0.717, 1.165) is 23.7 Å². The molecule has 0 atom stereocenters. The molecular weight excluding hydrogens is 278 g/mol. The first kappa shape index (κ1) is 15.8. The van der Waals surface area contributed by atoms with Crippen molar-refractivity contribution >= 4 is 28.9 Å². The zero-order valence-corrected chi connectivity index (χ0v) is 12.5. The lowest BCUT2D eigenvalue weighted by Gasteiger charge is -2.12. The molecule has 1 aliphatic rings. The summed E-state index contributed by atoms with van der Waals surface area (Å²) in [6, 6.07) is 6.28. The van der Waals surface area contributed by atoms with Crippen molar-refractivity contribution in [2.24, 2.45) is 5.73 Å². The molecule has 3 rings (SSSR count). The number of carbonyl (C=O) groups is 2. The van der Waals surface area contributed by atoms with E-state index < -0.39 is 5.91 Å². The number of anilines is 1. The Balaban J connectivity index is 0.000000309. The number of carbonyl (C=O) groups excluding carboxylic acids is 2. The third-order valence-electron chi connectivity index (χ3n) is 3.97. The van der Waals surface area contributed by atoms with Gasteiger partial charge in [-0.2, -0.15) is 0 Å². The number of primary amides is 1. The van der Waals surface area contributed by atoms with Crippen LogP contribution in [0.3, 0.4) is 0 Å². The zero-order valence-electron chi connectivity index (χ0n) is 12.5. The minimum atomic E-state index is -0.481. The molecule has 2 aromatic rings. The van der Waals surface area contributed by atoms with Crippen molar-refractivity contribution in [3.05, 3.63) is 42.6 Å². The van der Waals surface area contributed by atoms with Crippen LogP contribution in [0.25, 0.3) is 10.9 Å². The summed E-state index contributed by atoms with van der Waals surface area (Å²) in [5.74, 6) is 0.212. The molecule has 0 spiro atoms. The molecule has 0 aliphatic heterocycles. The number of benzene rings is 1. The van der Waals surface area contributed by atoms with Gasteiger partial charge in [-0.25, -0.2) is 0 Å². The van der Waals surface area contributed by atoms with Crippen molar-refractivity contribution in [1.29, 1.82) is 0 Å². The molecule has 2 amide bonds. The van der Waals surface area contributed by atoms with Gasteiger partial charge in [0.1, 0.15) is 0 Å². The monoisotopic (exact) mass is 299 g/mol. The van der Waals surface area contributed by atoms with Crippen molar-refractivity contribution in [2.75, 3.05) is 5.32 Å². The third-order valence-corrected chi connectivity index (χ3v) is 3.97. The maximum atomic E-state index is 10.6.